The van der Waals surface area contributed by atoms with Crippen molar-refractivity contribution >= 4 is 5.91 Å². The molecule has 5 heteroatoms. The second kappa shape index (κ2) is 6.06. The summed E-state index contributed by atoms with van der Waals surface area (Å²) in [7, 11) is 0. The van der Waals surface area contributed by atoms with Crippen molar-refractivity contribution in [2.75, 3.05) is 13.2 Å². The summed E-state index contributed by atoms with van der Waals surface area (Å²) in [4.78, 5) is 12.8. The first-order chi connectivity index (χ1) is 11.7. The fourth-order valence-electron chi connectivity index (χ4n) is 3.62. The summed E-state index contributed by atoms with van der Waals surface area (Å²) >= 11 is 0. The lowest BCUT2D eigenvalue weighted by Crippen LogP contribution is -2.50. The molecule has 1 aliphatic heterocycles. The predicted octanol–water partition coefficient (Wildman–Crippen LogP) is 3.34. The first-order valence-corrected chi connectivity index (χ1v) is 8.37. The third-order valence-electron chi connectivity index (χ3n) is 5.12. The van der Waals surface area contributed by atoms with Gasteiger partial charge < -0.3 is 14.5 Å². The van der Waals surface area contributed by atoms with E-state index in [-0.39, 0.29) is 23.6 Å². The van der Waals surface area contributed by atoms with Crippen LogP contribution in [-0.2, 0) is 15.1 Å². The summed E-state index contributed by atoms with van der Waals surface area (Å²) in [5.74, 6) is 0.686. The molecular weight excluding hydrogens is 309 g/mol. The minimum Gasteiger partial charge on any atom is -0.469 e. The first kappa shape index (κ1) is 15.4. The fraction of sp³-hybridized carbons (Fsp3) is 0.421. The van der Waals surface area contributed by atoms with Gasteiger partial charge in [0.1, 0.15) is 11.6 Å². The van der Waals surface area contributed by atoms with E-state index in [1.54, 1.807) is 12.3 Å². The molecule has 2 aliphatic rings. The van der Waals surface area contributed by atoms with Crippen LogP contribution in [0.1, 0.15) is 36.5 Å². The summed E-state index contributed by atoms with van der Waals surface area (Å²) in [6.45, 7) is 1.12. The van der Waals surface area contributed by atoms with Crippen molar-refractivity contribution in [2.45, 2.75) is 30.7 Å². The molecule has 1 aromatic carbocycles. The molecule has 4 rings (SSSR count). The van der Waals surface area contributed by atoms with Crippen LogP contribution in [0.5, 0.6) is 0 Å². The number of amides is 1. The molecule has 24 heavy (non-hydrogen) atoms. The second-order valence-corrected chi connectivity index (χ2v) is 6.66. The molecule has 1 amide bonds. The maximum Gasteiger partial charge on any atom is 0.224 e. The Hall–Kier alpha value is -2.14. The van der Waals surface area contributed by atoms with Crippen LogP contribution in [0.3, 0.4) is 0 Å². The number of rotatable bonds is 4. The second-order valence-electron chi connectivity index (χ2n) is 6.66. The number of carbonyl (C=O) groups is 1. The van der Waals surface area contributed by atoms with Crippen LogP contribution in [0.4, 0.5) is 4.39 Å². The number of hydrogen-bond donors (Lipinski definition) is 1. The third kappa shape index (κ3) is 2.84. The summed E-state index contributed by atoms with van der Waals surface area (Å²) in [5.41, 5.74) is 0.266. The summed E-state index contributed by atoms with van der Waals surface area (Å²) in [6.07, 6.45) is 3.74. The highest BCUT2D eigenvalue weighted by Crippen LogP contribution is 2.48. The quantitative estimate of drug-likeness (QED) is 0.936. The zero-order valence-corrected chi connectivity index (χ0v) is 13.3. The Labute approximate surface area is 140 Å². The molecular formula is C19H20FNO3. The molecule has 2 aromatic rings. The molecule has 2 fully saturated rings. The van der Waals surface area contributed by atoms with Crippen LogP contribution in [-0.4, -0.2) is 19.1 Å². The lowest BCUT2D eigenvalue weighted by atomic mass is 9.82. The Morgan fingerprint density at radius 3 is 2.75 bits per heavy atom. The van der Waals surface area contributed by atoms with Crippen molar-refractivity contribution in [3.8, 4) is 0 Å². The minimum atomic E-state index is -0.548. The Morgan fingerprint density at radius 1 is 1.21 bits per heavy atom. The number of hydrogen-bond acceptors (Lipinski definition) is 3. The van der Waals surface area contributed by atoms with E-state index in [0.717, 1.165) is 17.7 Å². The maximum absolute atomic E-state index is 13.7. The van der Waals surface area contributed by atoms with E-state index in [0.29, 0.717) is 26.1 Å². The van der Waals surface area contributed by atoms with Gasteiger partial charge in [0, 0.05) is 25.0 Å². The zero-order chi connectivity index (χ0) is 16.6. The van der Waals surface area contributed by atoms with Crippen molar-refractivity contribution in [2.24, 2.45) is 5.92 Å². The van der Waals surface area contributed by atoms with E-state index in [4.69, 9.17) is 9.15 Å². The third-order valence-corrected chi connectivity index (χ3v) is 5.12. The van der Waals surface area contributed by atoms with Crippen molar-refractivity contribution in [3.05, 3.63) is 59.8 Å². The predicted molar refractivity (Wildman–Crippen MR) is 85.8 cm³/mol. The number of furan rings is 1. The summed E-state index contributed by atoms with van der Waals surface area (Å²) < 4.78 is 24.5. The molecule has 1 aromatic heterocycles. The van der Waals surface area contributed by atoms with Crippen LogP contribution in [0, 0.1) is 11.7 Å². The van der Waals surface area contributed by atoms with E-state index in [1.165, 1.54) is 12.1 Å². The van der Waals surface area contributed by atoms with E-state index < -0.39 is 5.54 Å². The highest BCUT2D eigenvalue weighted by atomic mass is 19.1. The Kier molecular flexibility index (Phi) is 3.88. The minimum absolute atomic E-state index is 0.0163. The Bertz CT molecular complexity index is 722. The SMILES string of the molecule is O=C(NC1(c2cccc(F)c2)CCOCC1)[C@@H]1C[C@@H]1c1ccco1. The normalized spacial score (nSPS) is 25.2. The molecule has 4 nitrogen and oxygen atoms in total. The van der Waals surface area contributed by atoms with Gasteiger partial charge in [-0.1, -0.05) is 12.1 Å². The summed E-state index contributed by atoms with van der Waals surface area (Å²) in [6, 6.07) is 10.3. The molecule has 1 aliphatic carbocycles. The molecule has 0 radical (unpaired) electrons. The molecule has 126 valence electrons. The fourth-order valence-corrected chi connectivity index (χ4v) is 3.62. The average molecular weight is 329 g/mol. The van der Waals surface area contributed by atoms with E-state index in [2.05, 4.69) is 5.32 Å². The van der Waals surface area contributed by atoms with Gasteiger partial charge in [-0.2, -0.15) is 0 Å². The molecule has 2 heterocycles. The summed E-state index contributed by atoms with van der Waals surface area (Å²) in [5, 5.41) is 3.20. The van der Waals surface area contributed by atoms with Gasteiger partial charge in [-0.3, -0.25) is 4.79 Å². The monoisotopic (exact) mass is 329 g/mol. The van der Waals surface area contributed by atoms with Crippen LogP contribution in [0.15, 0.2) is 47.1 Å². The van der Waals surface area contributed by atoms with Crippen LogP contribution in [0.2, 0.25) is 0 Å². The van der Waals surface area contributed by atoms with Gasteiger partial charge in [-0.15, -0.1) is 0 Å². The molecule has 0 bridgehead atoms. The molecule has 0 unspecified atom stereocenters. The van der Waals surface area contributed by atoms with Crippen molar-refractivity contribution in [1.82, 2.24) is 5.32 Å². The highest BCUT2D eigenvalue weighted by molar-refractivity contribution is 5.83. The van der Waals surface area contributed by atoms with Crippen LogP contribution in [0.25, 0.3) is 0 Å². The van der Waals surface area contributed by atoms with Gasteiger partial charge in [-0.25, -0.2) is 4.39 Å². The highest BCUT2D eigenvalue weighted by Gasteiger charge is 2.48. The van der Waals surface area contributed by atoms with Crippen LogP contribution >= 0.6 is 0 Å². The lowest BCUT2D eigenvalue weighted by Gasteiger charge is -2.38. The number of nitrogens with one attached hydrogen (secondary N) is 1. The van der Waals surface area contributed by atoms with E-state index in [9.17, 15) is 9.18 Å². The standard InChI is InChI=1S/C19H20FNO3/c20-14-4-1-3-13(11-14)19(6-9-23-10-7-19)21-18(22)16-12-15(16)17-5-2-8-24-17/h1-5,8,11,15-16H,6-7,9-10,12H2,(H,21,22)/t15-,16+/m0/s1. The molecule has 1 saturated carbocycles. The number of benzene rings is 1. The maximum atomic E-state index is 13.7. The Balaban J connectivity index is 1.53. The first-order valence-electron chi connectivity index (χ1n) is 8.37. The van der Waals surface area contributed by atoms with Crippen molar-refractivity contribution in [1.29, 1.82) is 0 Å². The van der Waals surface area contributed by atoms with Crippen molar-refractivity contribution < 1.29 is 18.3 Å². The Morgan fingerprint density at radius 2 is 2.04 bits per heavy atom. The molecule has 1 saturated heterocycles. The lowest BCUT2D eigenvalue weighted by molar-refractivity contribution is -0.126. The van der Waals surface area contributed by atoms with E-state index in [1.807, 2.05) is 18.2 Å². The van der Waals surface area contributed by atoms with Gasteiger partial charge in [0.15, 0.2) is 0 Å². The number of ether oxygens (including phenoxy) is 1. The molecule has 0 spiro atoms. The zero-order valence-electron chi connectivity index (χ0n) is 13.3. The van der Waals surface area contributed by atoms with Gasteiger partial charge in [0.25, 0.3) is 0 Å². The number of halogens is 1. The van der Waals surface area contributed by atoms with Gasteiger partial charge in [0.05, 0.1) is 11.8 Å². The van der Waals surface area contributed by atoms with Gasteiger partial charge in [-0.05, 0) is 49.1 Å². The largest absolute Gasteiger partial charge is 0.469 e. The number of carbonyl (C=O) groups excluding carboxylic acids is 1. The van der Waals surface area contributed by atoms with Crippen molar-refractivity contribution in [3.63, 3.8) is 0 Å². The van der Waals surface area contributed by atoms with Gasteiger partial charge >= 0.3 is 0 Å². The van der Waals surface area contributed by atoms with Crippen LogP contribution < -0.4 is 5.32 Å². The molecule has 2 atom stereocenters. The van der Waals surface area contributed by atoms with E-state index >= 15 is 0 Å². The smallest absolute Gasteiger partial charge is 0.224 e. The molecule has 1 N–H and O–H groups in total. The topological polar surface area (TPSA) is 51.5 Å². The average Bonchev–Trinajstić information content (AvgIpc) is 3.21. The van der Waals surface area contributed by atoms with Gasteiger partial charge in [0.2, 0.25) is 5.91 Å².